The van der Waals surface area contributed by atoms with Gasteiger partial charge in [0, 0.05) is 30.9 Å². The molecule has 2 aromatic rings. The lowest BCUT2D eigenvalue weighted by molar-refractivity contribution is 0.0724. The van der Waals surface area contributed by atoms with Crippen molar-refractivity contribution in [1.82, 2.24) is 10.2 Å². The van der Waals surface area contributed by atoms with E-state index in [0.717, 1.165) is 48.7 Å². The second kappa shape index (κ2) is 8.48. The summed E-state index contributed by atoms with van der Waals surface area (Å²) >= 11 is 5.37. The van der Waals surface area contributed by atoms with Crippen LogP contribution in [0.3, 0.4) is 0 Å². The number of nitrogens with one attached hydrogen (secondary N) is 2. The quantitative estimate of drug-likeness (QED) is 0.770. The van der Waals surface area contributed by atoms with E-state index in [9.17, 15) is 4.79 Å². The molecular weight excluding hydrogens is 374 g/mol. The summed E-state index contributed by atoms with van der Waals surface area (Å²) in [7, 11) is 0. The molecule has 2 aliphatic rings. The molecule has 1 saturated heterocycles. The van der Waals surface area contributed by atoms with Gasteiger partial charge in [0.05, 0.1) is 0 Å². The molecule has 2 N–H and O–H groups in total. The monoisotopic (exact) mass is 397 g/mol. The highest BCUT2D eigenvalue weighted by atomic mass is 32.1. The van der Waals surface area contributed by atoms with Gasteiger partial charge in [0.1, 0.15) is 0 Å². The van der Waals surface area contributed by atoms with Crippen LogP contribution in [0.5, 0.6) is 11.5 Å². The average Bonchev–Trinajstić information content (AvgIpc) is 3.21. The lowest BCUT2D eigenvalue weighted by Crippen LogP contribution is -2.35. The van der Waals surface area contributed by atoms with E-state index in [1.165, 1.54) is 6.42 Å². The van der Waals surface area contributed by atoms with E-state index < -0.39 is 0 Å². The van der Waals surface area contributed by atoms with Crippen molar-refractivity contribution in [1.29, 1.82) is 0 Å². The van der Waals surface area contributed by atoms with Crippen LogP contribution in [-0.4, -0.2) is 35.8 Å². The molecule has 4 rings (SSSR count). The van der Waals surface area contributed by atoms with Crippen LogP contribution in [0.25, 0.3) is 0 Å². The Hall–Kier alpha value is -2.80. The lowest BCUT2D eigenvalue weighted by atomic mass is 10.1. The van der Waals surface area contributed by atoms with E-state index in [4.69, 9.17) is 21.7 Å². The van der Waals surface area contributed by atoms with E-state index in [-0.39, 0.29) is 12.7 Å². The van der Waals surface area contributed by atoms with Gasteiger partial charge in [-0.2, -0.15) is 0 Å². The molecule has 0 unspecified atom stereocenters. The average molecular weight is 398 g/mol. The first-order chi connectivity index (χ1) is 13.7. The lowest BCUT2D eigenvalue weighted by Gasteiger charge is -2.26. The molecule has 28 heavy (non-hydrogen) atoms. The fourth-order valence-electron chi connectivity index (χ4n) is 3.38. The van der Waals surface area contributed by atoms with Gasteiger partial charge in [0.2, 0.25) is 6.79 Å². The third-order valence-corrected chi connectivity index (χ3v) is 5.17. The summed E-state index contributed by atoms with van der Waals surface area (Å²) < 4.78 is 10.7. The molecule has 2 aromatic carbocycles. The summed E-state index contributed by atoms with van der Waals surface area (Å²) in [5.41, 5.74) is 2.61. The predicted octanol–water partition coefficient (Wildman–Crippen LogP) is 3.53. The number of carbonyl (C=O) groups is 1. The highest BCUT2D eigenvalue weighted by Crippen LogP contribution is 2.32. The Morgan fingerprint density at radius 1 is 1.00 bits per heavy atom. The van der Waals surface area contributed by atoms with Crippen LogP contribution in [0.15, 0.2) is 42.5 Å². The molecule has 0 radical (unpaired) electrons. The number of likely N-dealkylation sites (tertiary alicyclic amines) is 1. The smallest absolute Gasteiger partial charge is 0.253 e. The van der Waals surface area contributed by atoms with Crippen LogP contribution in [0.4, 0.5) is 5.69 Å². The van der Waals surface area contributed by atoms with Crippen LogP contribution >= 0.6 is 12.2 Å². The number of benzene rings is 2. The highest BCUT2D eigenvalue weighted by molar-refractivity contribution is 7.80. The number of piperidine rings is 1. The number of amides is 1. The van der Waals surface area contributed by atoms with Crippen molar-refractivity contribution in [3.63, 3.8) is 0 Å². The zero-order valence-electron chi connectivity index (χ0n) is 15.6. The minimum atomic E-state index is 0.106. The number of ether oxygens (including phenoxy) is 2. The highest BCUT2D eigenvalue weighted by Gasteiger charge is 2.18. The van der Waals surface area contributed by atoms with Gasteiger partial charge in [-0.25, -0.2) is 0 Å². The normalized spacial score (nSPS) is 15.2. The molecule has 2 aliphatic heterocycles. The minimum Gasteiger partial charge on any atom is -0.454 e. The van der Waals surface area contributed by atoms with Crippen LogP contribution < -0.4 is 20.1 Å². The van der Waals surface area contributed by atoms with Crippen molar-refractivity contribution in [2.24, 2.45) is 0 Å². The summed E-state index contributed by atoms with van der Waals surface area (Å²) in [6.45, 7) is 2.55. The Balaban J connectivity index is 1.29. The summed E-state index contributed by atoms with van der Waals surface area (Å²) in [5.74, 6) is 1.63. The zero-order chi connectivity index (χ0) is 19.3. The van der Waals surface area contributed by atoms with Crippen LogP contribution in [-0.2, 0) is 6.54 Å². The first-order valence-electron chi connectivity index (χ1n) is 9.52. The second-order valence-corrected chi connectivity index (χ2v) is 7.33. The van der Waals surface area contributed by atoms with E-state index >= 15 is 0 Å². The first-order valence-corrected chi connectivity index (χ1v) is 9.92. The number of thiocarbonyl (C=S) groups is 1. The summed E-state index contributed by atoms with van der Waals surface area (Å²) in [4.78, 5) is 14.5. The molecule has 0 aliphatic carbocycles. The van der Waals surface area contributed by atoms with Gasteiger partial charge in [-0.05, 0) is 73.4 Å². The molecular formula is C21H23N3O3S. The van der Waals surface area contributed by atoms with E-state index in [0.29, 0.717) is 17.2 Å². The summed E-state index contributed by atoms with van der Waals surface area (Å²) in [6, 6.07) is 13.3. The first kappa shape index (κ1) is 18.6. The molecule has 7 heteroatoms. The third-order valence-electron chi connectivity index (χ3n) is 4.92. The van der Waals surface area contributed by atoms with E-state index in [2.05, 4.69) is 10.6 Å². The fourth-order valence-corrected chi connectivity index (χ4v) is 3.57. The van der Waals surface area contributed by atoms with E-state index in [1.54, 1.807) is 0 Å². The van der Waals surface area contributed by atoms with Gasteiger partial charge < -0.3 is 25.0 Å². The van der Waals surface area contributed by atoms with Crippen molar-refractivity contribution in [3.8, 4) is 11.5 Å². The topological polar surface area (TPSA) is 62.8 Å². The number of hydrogen-bond donors (Lipinski definition) is 2. The number of fused-ring (bicyclic) bond motifs is 1. The van der Waals surface area contributed by atoms with Crippen molar-refractivity contribution in [2.75, 3.05) is 25.2 Å². The number of anilines is 1. The van der Waals surface area contributed by atoms with Crippen molar-refractivity contribution in [3.05, 3.63) is 53.6 Å². The van der Waals surface area contributed by atoms with Crippen molar-refractivity contribution < 1.29 is 14.3 Å². The summed E-state index contributed by atoms with van der Waals surface area (Å²) in [5, 5.41) is 6.85. The third kappa shape index (κ3) is 4.36. The van der Waals surface area contributed by atoms with Gasteiger partial charge in [-0.1, -0.05) is 6.07 Å². The van der Waals surface area contributed by atoms with Gasteiger partial charge in [0.25, 0.3) is 5.91 Å². The van der Waals surface area contributed by atoms with Gasteiger partial charge >= 0.3 is 0 Å². The molecule has 1 fully saturated rings. The Labute approximate surface area is 169 Å². The molecule has 0 aromatic heterocycles. The maximum Gasteiger partial charge on any atom is 0.253 e. The fraction of sp³-hybridized carbons (Fsp3) is 0.333. The molecule has 1 amide bonds. The minimum absolute atomic E-state index is 0.106. The van der Waals surface area contributed by atoms with Gasteiger partial charge in [-0.3, -0.25) is 4.79 Å². The van der Waals surface area contributed by atoms with Crippen LogP contribution in [0.2, 0.25) is 0 Å². The Morgan fingerprint density at radius 3 is 2.54 bits per heavy atom. The molecule has 0 saturated carbocycles. The maximum atomic E-state index is 12.5. The van der Waals surface area contributed by atoms with Crippen LogP contribution in [0.1, 0.15) is 35.2 Å². The second-order valence-electron chi connectivity index (χ2n) is 6.93. The van der Waals surface area contributed by atoms with Gasteiger partial charge in [-0.15, -0.1) is 0 Å². The molecule has 6 nitrogen and oxygen atoms in total. The molecule has 146 valence electrons. The van der Waals surface area contributed by atoms with E-state index in [1.807, 2.05) is 47.4 Å². The molecule has 2 heterocycles. The number of nitrogens with zero attached hydrogens (tertiary/aromatic N) is 1. The standard InChI is InChI=1S/C21H23N3O3S/c25-20(24-10-2-1-3-11-24)16-5-7-17(8-6-16)23-21(28)22-13-15-4-9-18-19(12-15)27-14-26-18/h4-9,12H,1-3,10-11,13-14H2,(H2,22,23,28). The van der Waals surface area contributed by atoms with Crippen molar-refractivity contribution in [2.45, 2.75) is 25.8 Å². The number of carbonyl (C=O) groups excluding carboxylic acids is 1. The molecule has 0 spiro atoms. The van der Waals surface area contributed by atoms with Gasteiger partial charge in [0.15, 0.2) is 16.6 Å². The predicted molar refractivity (Wildman–Crippen MR) is 112 cm³/mol. The maximum absolute atomic E-state index is 12.5. The van der Waals surface area contributed by atoms with Crippen LogP contribution in [0, 0.1) is 0 Å². The Bertz CT molecular complexity index is 864. The summed E-state index contributed by atoms with van der Waals surface area (Å²) in [6.07, 6.45) is 3.40. The largest absolute Gasteiger partial charge is 0.454 e. The Kier molecular flexibility index (Phi) is 5.62. The number of rotatable bonds is 4. The molecule has 0 atom stereocenters. The molecule has 0 bridgehead atoms. The Morgan fingerprint density at radius 2 is 1.75 bits per heavy atom. The van der Waals surface area contributed by atoms with Crippen molar-refractivity contribution >= 4 is 28.9 Å². The number of hydrogen-bond acceptors (Lipinski definition) is 4. The zero-order valence-corrected chi connectivity index (χ0v) is 16.4. The SMILES string of the molecule is O=C(c1ccc(NC(=S)NCc2ccc3c(c2)OCO3)cc1)N1CCCCC1.